The van der Waals surface area contributed by atoms with Crippen molar-refractivity contribution in [3.8, 4) is 5.75 Å². The largest absolute Gasteiger partial charge is 0.573 e. The molecule has 0 spiro atoms. The standard InChI is InChI=1S/C17H22F3N3O2/c18-17(19,20)25-15-3-1-2-14(9-15)23-7-6-13(10-23)22-16(24)11-4-5-12(21)8-11/h1-3,9,11-13H,4-8,10,21H2,(H,22,24). The molecule has 138 valence electrons. The van der Waals surface area contributed by atoms with Crippen molar-refractivity contribution in [2.75, 3.05) is 18.0 Å². The molecule has 0 aromatic heterocycles. The van der Waals surface area contributed by atoms with Gasteiger partial charge in [-0.1, -0.05) is 6.07 Å². The van der Waals surface area contributed by atoms with Crippen LogP contribution in [0.4, 0.5) is 18.9 Å². The number of anilines is 1. The van der Waals surface area contributed by atoms with Gasteiger partial charge in [-0.05, 0) is 37.8 Å². The first-order valence-corrected chi connectivity index (χ1v) is 8.47. The van der Waals surface area contributed by atoms with E-state index in [0.717, 1.165) is 25.7 Å². The van der Waals surface area contributed by atoms with Gasteiger partial charge in [-0.2, -0.15) is 0 Å². The molecule has 0 bridgehead atoms. The van der Waals surface area contributed by atoms with Gasteiger partial charge in [0.05, 0.1) is 0 Å². The fraction of sp³-hybridized carbons (Fsp3) is 0.588. The van der Waals surface area contributed by atoms with E-state index >= 15 is 0 Å². The van der Waals surface area contributed by atoms with Crippen molar-refractivity contribution in [3.05, 3.63) is 24.3 Å². The number of amides is 1. The highest BCUT2D eigenvalue weighted by Gasteiger charge is 2.33. The Morgan fingerprint density at radius 1 is 1.28 bits per heavy atom. The van der Waals surface area contributed by atoms with Gasteiger partial charge in [0.2, 0.25) is 5.91 Å². The molecule has 1 aromatic carbocycles. The molecule has 0 radical (unpaired) electrons. The van der Waals surface area contributed by atoms with Crippen molar-refractivity contribution < 1.29 is 22.7 Å². The lowest BCUT2D eigenvalue weighted by Crippen LogP contribution is -2.40. The minimum absolute atomic E-state index is 0.00323. The summed E-state index contributed by atoms with van der Waals surface area (Å²) in [6.07, 6.45) is -1.53. The third kappa shape index (κ3) is 4.78. The fourth-order valence-electron chi connectivity index (χ4n) is 3.56. The normalized spacial score (nSPS) is 26.7. The quantitative estimate of drug-likeness (QED) is 0.868. The SMILES string of the molecule is NC1CCC(C(=O)NC2CCN(c3cccc(OC(F)(F)F)c3)C2)C1. The third-order valence-corrected chi connectivity index (χ3v) is 4.79. The van der Waals surface area contributed by atoms with Gasteiger partial charge in [0.25, 0.3) is 0 Å². The highest BCUT2D eigenvalue weighted by molar-refractivity contribution is 5.79. The Balaban J connectivity index is 1.56. The van der Waals surface area contributed by atoms with Crippen LogP contribution in [0.15, 0.2) is 24.3 Å². The van der Waals surface area contributed by atoms with Gasteiger partial charge in [0.15, 0.2) is 0 Å². The minimum Gasteiger partial charge on any atom is -0.406 e. The summed E-state index contributed by atoms with van der Waals surface area (Å²) >= 11 is 0. The van der Waals surface area contributed by atoms with Crippen LogP contribution in [0.3, 0.4) is 0 Å². The third-order valence-electron chi connectivity index (χ3n) is 4.79. The van der Waals surface area contributed by atoms with Crippen molar-refractivity contribution in [1.82, 2.24) is 5.32 Å². The number of nitrogens with two attached hydrogens (primary N) is 1. The maximum Gasteiger partial charge on any atom is 0.573 e. The van der Waals surface area contributed by atoms with Crippen LogP contribution in [0.25, 0.3) is 0 Å². The van der Waals surface area contributed by atoms with Crippen molar-refractivity contribution >= 4 is 11.6 Å². The van der Waals surface area contributed by atoms with Crippen molar-refractivity contribution in [2.24, 2.45) is 11.7 Å². The minimum atomic E-state index is -4.71. The molecule has 3 rings (SSSR count). The molecule has 2 fully saturated rings. The van der Waals surface area contributed by atoms with Gasteiger partial charge >= 0.3 is 6.36 Å². The molecule has 3 N–H and O–H groups in total. The molecule has 1 aliphatic carbocycles. The van der Waals surface area contributed by atoms with Crippen LogP contribution in [0.1, 0.15) is 25.7 Å². The van der Waals surface area contributed by atoms with E-state index in [-0.39, 0.29) is 29.7 Å². The van der Waals surface area contributed by atoms with Crippen LogP contribution in [0.5, 0.6) is 5.75 Å². The van der Waals surface area contributed by atoms with Gasteiger partial charge in [-0.3, -0.25) is 4.79 Å². The van der Waals surface area contributed by atoms with E-state index in [4.69, 9.17) is 5.73 Å². The Bertz CT molecular complexity index is 623. The van der Waals surface area contributed by atoms with Crippen LogP contribution in [0.2, 0.25) is 0 Å². The second-order valence-electron chi connectivity index (χ2n) is 6.76. The number of hydrogen-bond acceptors (Lipinski definition) is 4. The topological polar surface area (TPSA) is 67.6 Å². The Hall–Kier alpha value is -1.96. The summed E-state index contributed by atoms with van der Waals surface area (Å²) in [5.74, 6) is -0.223. The van der Waals surface area contributed by atoms with Gasteiger partial charge in [-0.15, -0.1) is 13.2 Å². The van der Waals surface area contributed by atoms with E-state index < -0.39 is 6.36 Å². The molecule has 1 heterocycles. The molecule has 1 saturated carbocycles. The molecule has 2 aliphatic rings. The number of ether oxygens (including phenoxy) is 1. The Kier molecular flexibility index (Phi) is 5.08. The number of carbonyl (C=O) groups excluding carboxylic acids is 1. The van der Waals surface area contributed by atoms with Gasteiger partial charge in [0, 0.05) is 42.8 Å². The van der Waals surface area contributed by atoms with Gasteiger partial charge in [-0.25, -0.2) is 0 Å². The zero-order valence-electron chi connectivity index (χ0n) is 13.8. The van der Waals surface area contributed by atoms with Gasteiger partial charge in [0.1, 0.15) is 5.75 Å². The first-order valence-electron chi connectivity index (χ1n) is 8.47. The van der Waals surface area contributed by atoms with Crippen LogP contribution in [-0.4, -0.2) is 37.4 Å². The highest BCUT2D eigenvalue weighted by Crippen LogP contribution is 2.29. The Morgan fingerprint density at radius 3 is 2.76 bits per heavy atom. The van der Waals surface area contributed by atoms with Crippen LogP contribution >= 0.6 is 0 Å². The average Bonchev–Trinajstić information content (AvgIpc) is 3.15. The Labute approximate surface area is 144 Å². The molecule has 1 aromatic rings. The molecule has 25 heavy (non-hydrogen) atoms. The molecule has 3 unspecified atom stereocenters. The van der Waals surface area contributed by atoms with Crippen LogP contribution in [-0.2, 0) is 4.79 Å². The number of hydrogen-bond donors (Lipinski definition) is 2. The number of carbonyl (C=O) groups is 1. The zero-order chi connectivity index (χ0) is 18.0. The number of alkyl halides is 3. The smallest absolute Gasteiger partial charge is 0.406 e. The summed E-state index contributed by atoms with van der Waals surface area (Å²) in [5.41, 5.74) is 6.50. The maximum atomic E-state index is 12.3. The molecular weight excluding hydrogens is 335 g/mol. The molecular formula is C17H22F3N3O2. The Morgan fingerprint density at radius 2 is 2.08 bits per heavy atom. The second-order valence-corrected chi connectivity index (χ2v) is 6.76. The molecule has 1 saturated heterocycles. The summed E-state index contributed by atoms with van der Waals surface area (Å²) in [4.78, 5) is 14.2. The number of nitrogens with zero attached hydrogens (tertiary/aromatic N) is 1. The second kappa shape index (κ2) is 7.11. The number of halogens is 3. The monoisotopic (exact) mass is 357 g/mol. The van der Waals surface area contributed by atoms with Gasteiger partial charge < -0.3 is 20.7 Å². The lowest BCUT2D eigenvalue weighted by molar-refractivity contribution is -0.274. The number of nitrogens with one attached hydrogen (secondary N) is 1. The molecule has 1 amide bonds. The summed E-state index contributed by atoms with van der Waals surface area (Å²) in [6, 6.07) is 6.01. The molecule has 8 heteroatoms. The van der Waals surface area contributed by atoms with Crippen LogP contribution < -0.4 is 20.7 Å². The predicted molar refractivity (Wildman–Crippen MR) is 87.2 cm³/mol. The van der Waals surface area contributed by atoms with E-state index in [9.17, 15) is 18.0 Å². The lowest BCUT2D eigenvalue weighted by Gasteiger charge is -2.21. The fourth-order valence-corrected chi connectivity index (χ4v) is 3.56. The van der Waals surface area contributed by atoms with Crippen molar-refractivity contribution in [3.63, 3.8) is 0 Å². The maximum absolute atomic E-state index is 12.3. The molecule has 5 nitrogen and oxygen atoms in total. The lowest BCUT2D eigenvalue weighted by atomic mass is 10.1. The van der Waals surface area contributed by atoms with Crippen LogP contribution in [0, 0.1) is 5.92 Å². The van der Waals surface area contributed by atoms with E-state index in [1.807, 2.05) is 4.90 Å². The summed E-state index contributed by atoms with van der Waals surface area (Å²) in [6.45, 7) is 1.24. The number of benzene rings is 1. The zero-order valence-corrected chi connectivity index (χ0v) is 13.8. The summed E-state index contributed by atoms with van der Waals surface area (Å²) in [7, 11) is 0. The molecule has 1 aliphatic heterocycles. The average molecular weight is 357 g/mol. The molecule has 3 atom stereocenters. The highest BCUT2D eigenvalue weighted by atomic mass is 19.4. The first-order chi connectivity index (χ1) is 11.8. The summed E-state index contributed by atoms with van der Waals surface area (Å²) in [5, 5.41) is 3.05. The van der Waals surface area contributed by atoms with E-state index in [1.54, 1.807) is 6.07 Å². The van der Waals surface area contributed by atoms with E-state index in [0.29, 0.717) is 18.8 Å². The summed E-state index contributed by atoms with van der Waals surface area (Å²) < 4.78 is 41.0. The van der Waals surface area contributed by atoms with Crippen molar-refractivity contribution in [1.29, 1.82) is 0 Å². The van der Waals surface area contributed by atoms with Crippen molar-refractivity contribution in [2.45, 2.75) is 44.1 Å². The van der Waals surface area contributed by atoms with E-state index in [1.165, 1.54) is 18.2 Å². The number of rotatable bonds is 4. The predicted octanol–water partition coefficient (Wildman–Crippen LogP) is 2.41. The van der Waals surface area contributed by atoms with E-state index in [2.05, 4.69) is 10.1 Å². The first kappa shape index (κ1) is 17.8.